The predicted molar refractivity (Wildman–Crippen MR) is 76.4 cm³/mol. The summed E-state index contributed by atoms with van der Waals surface area (Å²) >= 11 is 5.64. The summed E-state index contributed by atoms with van der Waals surface area (Å²) in [6.07, 6.45) is 6.32. The predicted octanol–water partition coefficient (Wildman–Crippen LogP) is 4.41. The minimum atomic E-state index is 0.748. The Labute approximate surface area is 113 Å². The fourth-order valence-electron chi connectivity index (χ4n) is 1.92. The van der Waals surface area contributed by atoms with Crippen LogP contribution in [-0.2, 0) is 0 Å². The zero-order valence-corrected chi connectivity index (χ0v) is 11.2. The van der Waals surface area contributed by atoms with E-state index in [1.807, 2.05) is 18.2 Å². The molecule has 0 radical (unpaired) electrons. The first kappa shape index (κ1) is 13.2. The van der Waals surface area contributed by atoms with Crippen molar-refractivity contribution >= 4 is 22.5 Å². The van der Waals surface area contributed by atoms with Gasteiger partial charge in [0.25, 0.3) is 0 Å². The molecule has 1 aromatic carbocycles. The van der Waals surface area contributed by atoms with Crippen LogP contribution >= 0.6 is 11.6 Å². The molecule has 0 fully saturated rings. The quantitative estimate of drug-likeness (QED) is 0.545. The summed E-state index contributed by atoms with van der Waals surface area (Å²) in [6.45, 7) is 0.748. The molecule has 18 heavy (non-hydrogen) atoms. The van der Waals surface area contributed by atoms with Crippen molar-refractivity contribution in [3.8, 4) is 5.75 Å². The van der Waals surface area contributed by atoms with Gasteiger partial charge in [0.2, 0.25) is 0 Å². The molecule has 0 aliphatic heterocycles. The third kappa shape index (κ3) is 3.61. The van der Waals surface area contributed by atoms with Crippen LogP contribution in [0.3, 0.4) is 0 Å². The van der Waals surface area contributed by atoms with Gasteiger partial charge in [-0.05, 0) is 25.0 Å². The van der Waals surface area contributed by atoms with Gasteiger partial charge in [-0.2, -0.15) is 0 Å². The molecule has 2 rings (SSSR count). The van der Waals surface area contributed by atoms with Crippen molar-refractivity contribution in [1.82, 2.24) is 4.98 Å². The first-order valence-corrected chi connectivity index (χ1v) is 6.98. The van der Waals surface area contributed by atoms with Crippen molar-refractivity contribution in [2.75, 3.05) is 12.5 Å². The molecule has 0 unspecified atom stereocenters. The highest BCUT2D eigenvalue weighted by molar-refractivity contribution is 6.17. The number of ether oxygens (including phenoxy) is 1. The minimum Gasteiger partial charge on any atom is -0.491 e. The van der Waals surface area contributed by atoms with E-state index in [0.717, 1.165) is 42.0 Å². The molecule has 0 saturated carbocycles. The van der Waals surface area contributed by atoms with Crippen LogP contribution in [0.15, 0.2) is 36.5 Å². The number of hydrogen-bond donors (Lipinski definition) is 0. The molecule has 1 aromatic heterocycles. The van der Waals surface area contributed by atoms with Crippen LogP contribution < -0.4 is 4.74 Å². The van der Waals surface area contributed by atoms with Gasteiger partial charge in [0.05, 0.1) is 6.61 Å². The number of nitrogens with zero attached hydrogens (tertiary/aromatic N) is 1. The molecule has 0 aliphatic carbocycles. The molecule has 0 aliphatic rings. The van der Waals surface area contributed by atoms with Crippen LogP contribution in [0.5, 0.6) is 5.75 Å². The summed E-state index contributed by atoms with van der Waals surface area (Å²) in [7, 11) is 0. The number of halogens is 1. The molecule has 0 bridgehead atoms. The Morgan fingerprint density at radius 2 is 1.83 bits per heavy atom. The van der Waals surface area contributed by atoms with E-state index in [2.05, 4.69) is 17.1 Å². The van der Waals surface area contributed by atoms with Gasteiger partial charge in [-0.15, -0.1) is 11.6 Å². The van der Waals surface area contributed by atoms with Crippen molar-refractivity contribution in [1.29, 1.82) is 0 Å². The first-order chi connectivity index (χ1) is 8.92. The third-order valence-corrected chi connectivity index (χ3v) is 3.15. The highest BCUT2D eigenvalue weighted by Crippen LogP contribution is 2.23. The average molecular weight is 264 g/mol. The number of aromatic nitrogens is 1. The van der Waals surface area contributed by atoms with Crippen molar-refractivity contribution in [2.45, 2.75) is 25.7 Å². The molecule has 0 atom stereocenters. The van der Waals surface area contributed by atoms with E-state index in [4.69, 9.17) is 16.3 Å². The Morgan fingerprint density at radius 3 is 2.72 bits per heavy atom. The van der Waals surface area contributed by atoms with E-state index in [1.54, 1.807) is 6.20 Å². The number of unbranched alkanes of at least 4 members (excludes halogenated alkanes) is 3. The second-order valence-electron chi connectivity index (χ2n) is 4.28. The van der Waals surface area contributed by atoms with Crippen molar-refractivity contribution in [2.24, 2.45) is 0 Å². The summed E-state index contributed by atoms with van der Waals surface area (Å²) in [6, 6.07) is 10.0. The third-order valence-electron chi connectivity index (χ3n) is 2.88. The van der Waals surface area contributed by atoms with Gasteiger partial charge < -0.3 is 4.74 Å². The lowest BCUT2D eigenvalue weighted by molar-refractivity contribution is 0.308. The standard InChI is InChI=1S/C15H18ClNO/c16-10-3-1-2-4-12-18-14-9-5-7-13-8-6-11-17-15(13)14/h5-9,11H,1-4,10,12H2. The highest BCUT2D eigenvalue weighted by atomic mass is 35.5. The van der Waals surface area contributed by atoms with E-state index >= 15 is 0 Å². The van der Waals surface area contributed by atoms with Crippen molar-refractivity contribution in [3.63, 3.8) is 0 Å². The van der Waals surface area contributed by atoms with Crippen LogP contribution in [-0.4, -0.2) is 17.5 Å². The van der Waals surface area contributed by atoms with Crippen molar-refractivity contribution in [3.05, 3.63) is 36.5 Å². The molecule has 3 heteroatoms. The fraction of sp³-hybridized carbons (Fsp3) is 0.400. The maximum atomic E-state index is 5.80. The molecule has 2 nitrogen and oxygen atoms in total. The van der Waals surface area contributed by atoms with Crippen LogP contribution in [0.4, 0.5) is 0 Å². The number of pyridine rings is 1. The Bertz CT molecular complexity index is 481. The number of rotatable bonds is 7. The Hall–Kier alpha value is -1.28. The Kier molecular flexibility index (Phi) is 5.28. The Morgan fingerprint density at radius 1 is 1.00 bits per heavy atom. The number of fused-ring (bicyclic) bond motifs is 1. The topological polar surface area (TPSA) is 22.1 Å². The van der Waals surface area contributed by atoms with E-state index in [9.17, 15) is 0 Å². The second kappa shape index (κ2) is 7.22. The smallest absolute Gasteiger partial charge is 0.145 e. The average Bonchev–Trinajstić information content (AvgIpc) is 2.43. The minimum absolute atomic E-state index is 0.748. The summed E-state index contributed by atoms with van der Waals surface area (Å²) in [5.74, 6) is 1.64. The van der Waals surface area contributed by atoms with Gasteiger partial charge >= 0.3 is 0 Å². The van der Waals surface area contributed by atoms with E-state index in [-0.39, 0.29) is 0 Å². The van der Waals surface area contributed by atoms with Gasteiger partial charge in [-0.3, -0.25) is 4.98 Å². The SMILES string of the molecule is ClCCCCCCOc1cccc2cccnc12. The number of hydrogen-bond acceptors (Lipinski definition) is 2. The lowest BCUT2D eigenvalue weighted by atomic mass is 10.2. The summed E-state index contributed by atoms with van der Waals surface area (Å²) in [5.41, 5.74) is 0.945. The molecular formula is C15H18ClNO. The maximum Gasteiger partial charge on any atom is 0.145 e. The maximum absolute atomic E-state index is 5.80. The van der Waals surface area contributed by atoms with Gasteiger partial charge in [-0.1, -0.05) is 31.0 Å². The van der Waals surface area contributed by atoms with Gasteiger partial charge in [0.15, 0.2) is 0 Å². The molecule has 0 saturated heterocycles. The van der Waals surface area contributed by atoms with Gasteiger partial charge in [-0.25, -0.2) is 0 Å². The lowest BCUT2D eigenvalue weighted by Crippen LogP contribution is -1.98. The zero-order chi connectivity index (χ0) is 12.6. The number of benzene rings is 1. The van der Waals surface area contributed by atoms with Crippen LogP contribution in [0.2, 0.25) is 0 Å². The van der Waals surface area contributed by atoms with Gasteiger partial charge in [0, 0.05) is 17.5 Å². The summed E-state index contributed by atoms with van der Waals surface area (Å²) in [5, 5.41) is 1.12. The zero-order valence-electron chi connectivity index (χ0n) is 10.4. The van der Waals surface area contributed by atoms with E-state index in [1.165, 1.54) is 12.8 Å². The molecular weight excluding hydrogens is 246 g/mol. The number of para-hydroxylation sites is 1. The van der Waals surface area contributed by atoms with E-state index in [0.29, 0.717) is 0 Å². The molecule has 0 N–H and O–H groups in total. The summed E-state index contributed by atoms with van der Waals surface area (Å²) < 4.78 is 5.80. The van der Waals surface area contributed by atoms with Crippen LogP contribution in [0.1, 0.15) is 25.7 Å². The first-order valence-electron chi connectivity index (χ1n) is 6.44. The van der Waals surface area contributed by atoms with Crippen molar-refractivity contribution < 1.29 is 4.74 Å². The highest BCUT2D eigenvalue weighted by Gasteiger charge is 2.01. The normalized spacial score (nSPS) is 10.7. The second-order valence-corrected chi connectivity index (χ2v) is 4.66. The lowest BCUT2D eigenvalue weighted by Gasteiger charge is -2.08. The fourth-order valence-corrected chi connectivity index (χ4v) is 2.11. The largest absolute Gasteiger partial charge is 0.491 e. The molecule has 2 aromatic rings. The molecule has 1 heterocycles. The van der Waals surface area contributed by atoms with Crippen LogP contribution in [0.25, 0.3) is 10.9 Å². The van der Waals surface area contributed by atoms with Gasteiger partial charge in [0.1, 0.15) is 11.3 Å². The van der Waals surface area contributed by atoms with E-state index < -0.39 is 0 Å². The molecule has 96 valence electrons. The molecule has 0 spiro atoms. The number of alkyl halides is 1. The monoisotopic (exact) mass is 263 g/mol. The molecule has 0 amide bonds. The Balaban J connectivity index is 1.88. The summed E-state index contributed by atoms with van der Waals surface area (Å²) in [4.78, 5) is 4.37. The van der Waals surface area contributed by atoms with Crippen LogP contribution in [0, 0.1) is 0 Å².